The first-order valence-corrected chi connectivity index (χ1v) is 10.8. The summed E-state index contributed by atoms with van der Waals surface area (Å²) < 4.78 is 16.7. The highest BCUT2D eigenvalue weighted by Crippen LogP contribution is 2.26. The Bertz CT molecular complexity index is 869. The molecule has 2 aromatic carbocycles. The van der Waals surface area contributed by atoms with E-state index in [0.29, 0.717) is 56.5 Å². The molecule has 1 saturated heterocycles. The summed E-state index contributed by atoms with van der Waals surface area (Å²) in [4.78, 5) is 29.1. The Hall–Kier alpha value is -3.22. The van der Waals surface area contributed by atoms with Gasteiger partial charge in [0.1, 0.15) is 5.75 Å². The highest BCUT2D eigenvalue weighted by atomic mass is 16.5. The fourth-order valence-electron chi connectivity index (χ4n) is 3.49. The third-order valence-corrected chi connectivity index (χ3v) is 5.05. The van der Waals surface area contributed by atoms with Crippen molar-refractivity contribution in [3.8, 4) is 17.2 Å². The average Bonchev–Trinajstić information content (AvgIpc) is 3.05. The summed E-state index contributed by atoms with van der Waals surface area (Å²) in [7, 11) is 0. The Morgan fingerprint density at radius 2 is 1.39 bits per heavy atom. The normalized spacial score (nSPS) is 14.0. The SMILES string of the molecule is CCOc1ccc(C(=O)N2CCCN(C(=O)COc3ccccc3OCC)CC2)cc1. The van der Waals surface area contributed by atoms with Gasteiger partial charge in [-0.15, -0.1) is 0 Å². The molecular weight excluding hydrogens is 396 g/mol. The monoisotopic (exact) mass is 426 g/mol. The number of hydrogen-bond donors (Lipinski definition) is 0. The molecule has 0 saturated carbocycles. The van der Waals surface area contributed by atoms with E-state index in [1.807, 2.05) is 44.2 Å². The van der Waals surface area contributed by atoms with Crippen LogP contribution < -0.4 is 14.2 Å². The molecule has 0 bridgehead atoms. The third-order valence-electron chi connectivity index (χ3n) is 5.05. The minimum Gasteiger partial charge on any atom is -0.494 e. The second-order valence-electron chi connectivity index (χ2n) is 7.15. The van der Waals surface area contributed by atoms with Gasteiger partial charge in [-0.25, -0.2) is 0 Å². The van der Waals surface area contributed by atoms with Crippen molar-refractivity contribution in [2.75, 3.05) is 46.0 Å². The second kappa shape index (κ2) is 11.2. The Labute approximate surface area is 183 Å². The fourth-order valence-corrected chi connectivity index (χ4v) is 3.49. The van der Waals surface area contributed by atoms with Crippen LogP contribution in [0, 0.1) is 0 Å². The lowest BCUT2D eigenvalue weighted by Gasteiger charge is -2.22. The first kappa shape index (κ1) is 22.5. The minimum atomic E-state index is -0.0957. The highest BCUT2D eigenvalue weighted by molar-refractivity contribution is 5.94. The number of amides is 2. The maximum absolute atomic E-state index is 12.9. The van der Waals surface area contributed by atoms with Crippen molar-refractivity contribution in [3.63, 3.8) is 0 Å². The van der Waals surface area contributed by atoms with Crippen LogP contribution >= 0.6 is 0 Å². The molecule has 31 heavy (non-hydrogen) atoms. The highest BCUT2D eigenvalue weighted by Gasteiger charge is 2.23. The van der Waals surface area contributed by atoms with Gasteiger partial charge in [-0.2, -0.15) is 0 Å². The van der Waals surface area contributed by atoms with Crippen molar-refractivity contribution in [3.05, 3.63) is 54.1 Å². The van der Waals surface area contributed by atoms with Crippen LogP contribution in [-0.2, 0) is 4.79 Å². The first-order valence-electron chi connectivity index (χ1n) is 10.8. The summed E-state index contributed by atoms with van der Waals surface area (Å²) in [6.07, 6.45) is 0.726. The van der Waals surface area contributed by atoms with Crippen LogP contribution in [0.3, 0.4) is 0 Å². The Morgan fingerprint density at radius 1 is 0.774 bits per heavy atom. The van der Waals surface area contributed by atoms with E-state index in [9.17, 15) is 9.59 Å². The zero-order chi connectivity index (χ0) is 22.1. The summed E-state index contributed by atoms with van der Waals surface area (Å²) in [5, 5.41) is 0. The molecule has 0 aliphatic carbocycles. The van der Waals surface area contributed by atoms with Crippen LogP contribution in [0.5, 0.6) is 17.2 Å². The van der Waals surface area contributed by atoms with Gasteiger partial charge < -0.3 is 24.0 Å². The molecule has 1 aliphatic rings. The molecule has 2 aromatic rings. The van der Waals surface area contributed by atoms with Crippen LogP contribution in [0.25, 0.3) is 0 Å². The van der Waals surface area contributed by atoms with Gasteiger partial charge in [0, 0.05) is 31.7 Å². The number of nitrogens with zero attached hydrogens (tertiary/aromatic N) is 2. The zero-order valence-corrected chi connectivity index (χ0v) is 18.2. The first-order chi connectivity index (χ1) is 15.1. The molecule has 0 atom stereocenters. The topological polar surface area (TPSA) is 68.3 Å². The fraction of sp³-hybridized carbons (Fsp3) is 0.417. The number of benzene rings is 2. The zero-order valence-electron chi connectivity index (χ0n) is 18.2. The van der Waals surface area contributed by atoms with Crippen molar-refractivity contribution in [1.29, 1.82) is 0 Å². The molecule has 1 fully saturated rings. The van der Waals surface area contributed by atoms with Crippen molar-refractivity contribution < 1.29 is 23.8 Å². The van der Waals surface area contributed by atoms with Crippen LogP contribution in [0.4, 0.5) is 0 Å². The van der Waals surface area contributed by atoms with Gasteiger partial charge in [0.2, 0.25) is 0 Å². The van der Waals surface area contributed by atoms with Gasteiger partial charge in [0.15, 0.2) is 18.1 Å². The van der Waals surface area contributed by atoms with Crippen molar-refractivity contribution in [2.24, 2.45) is 0 Å². The van der Waals surface area contributed by atoms with Crippen LogP contribution in [0.2, 0.25) is 0 Å². The summed E-state index contributed by atoms with van der Waals surface area (Å²) >= 11 is 0. The summed E-state index contributed by atoms with van der Waals surface area (Å²) in [5.74, 6) is 1.80. The summed E-state index contributed by atoms with van der Waals surface area (Å²) in [6.45, 7) is 7.07. The van der Waals surface area contributed by atoms with Gasteiger partial charge in [-0.05, 0) is 56.7 Å². The molecule has 0 N–H and O–H groups in total. The van der Waals surface area contributed by atoms with Gasteiger partial charge in [-0.1, -0.05) is 12.1 Å². The Kier molecular flexibility index (Phi) is 8.15. The van der Waals surface area contributed by atoms with E-state index >= 15 is 0 Å². The van der Waals surface area contributed by atoms with E-state index in [1.54, 1.807) is 28.0 Å². The minimum absolute atomic E-state index is 0.0285. The van der Waals surface area contributed by atoms with E-state index in [1.165, 1.54) is 0 Å². The van der Waals surface area contributed by atoms with E-state index in [2.05, 4.69) is 0 Å². The third kappa shape index (κ3) is 6.13. The van der Waals surface area contributed by atoms with Gasteiger partial charge in [0.05, 0.1) is 13.2 Å². The lowest BCUT2D eigenvalue weighted by Crippen LogP contribution is -2.39. The molecule has 2 amide bonds. The Morgan fingerprint density at radius 3 is 2.06 bits per heavy atom. The lowest BCUT2D eigenvalue weighted by atomic mass is 10.2. The Balaban J connectivity index is 1.53. The molecule has 0 spiro atoms. The molecule has 7 nitrogen and oxygen atoms in total. The van der Waals surface area contributed by atoms with E-state index in [-0.39, 0.29) is 18.4 Å². The molecule has 1 heterocycles. The molecule has 0 radical (unpaired) electrons. The average molecular weight is 427 g/mol. The van der Waals surface area contributed by atoms with E-state index in [4.69, 9.17) is 14.2 Å². The standard InChI is InChI=1S/C24H30N2O5/c1-3-29-20-12-10-19(11-13-20)24(28)26-15-7-14-25(16-17-26)23(27)18-31-22-9-6-5-8-21(22)30-4-2/h5-6,8-13H,3-4,7,14-18H2,1-2H3. The smallest absolute Gasteiger partial charge is 0.260 e. The van der Waals surface area contributed by atoms with Crippen LogP contribution in [0.1, 0.15) is 30.6 Å². The molecule has 3 rings (SSSR count). The molecular formula is C24H30N2O5. The van der Waals surface area contributed by atoms with Gasteiger partial charge >= 0.3 is 0 Å². The molecule has 7 heteroatoms. The van der Waals surface area contributed by atoms with Crippen molar-refractivity contribution in [2.45, 2.75) is 20.3 Å². The van der Waals surface area contributed by atoms with Crippen LogP contribution in [0.15, 0.2) is 48.5 Å². The van der Waals surface area contributed by atoms with Gasteiger partial charge in [-0.3, -0.25) is 9.59 Å². The second-order valence-corrected chi connectivity index (χ2v) is 7.15. The number of carbonyl (C=O) groups is 2. The molecule has 166 valence electrons. The molecule has 0 aromatic heterocycles. The van der Waals surface area contributed by atoms with E-state index < -0.39 is 0 Å². The summed E-state index contributed by atoms with van der Waals surface area (Å²) in [5.41, 5.74) is 0.624. The number of rotatable bonds is 8. The number of para-hydroxylation sites is 2. The van der Waals surface area contributed by atoms with Crippen molar-refractivity contribution >= 4 is 11.8 Å². The van der Waals surface area contributed by atoms with Crippen LogP contribution in [-0.4, -0.2) is 67.6 Å². The van der Waals surface area contributed by atoms with E-state index in [0.717, 1.165) is 12.2 Å². The quantitative estimate of drug-likeness (QED) is 0.648. The molecule has 0 unspecified atom stereocenters. The van der Waals surface area contributed by atoms with Gasteiger partial charge in [0.25, 0.3) is 11.8 Å². The predicted octanol–water partition coefficient (Wildman–Crippen LogP) is 3.24. The maximum atomic E-state index is 12.9. The molecule has 1 aliphatic heterocycles. The van der Waals surface area contributed by atoms with Crippen molar-refractivity contribution in [1.82, 2.24) is 9.80 Å². The largest absolute Gasteiger partial charge is 0.494 e. The maximum Gasteiger partial charge on any atom is 0.260 e. The summed E-state index contributed by atoms with van der Waals surface area (Å²) in [6, 6.07) is 14.5. The number of hydrogen-bond acceptors (Lipinski definition) is 5. The number of carbonyl (C=O) groups excluding carboxylic acids is 2. The lowest BCUT2D eigenvalue weighted by molar-refractivity contribution is -0.133. The predicted molar refractivity (Wildman–Crippen MR) is 118 cm³/mol. The number of ether oxygens (including phenoxy) is 3.